The van der Waals surface area contributed by atoms with E-state index < -0.39 is 39.6 Å². The normalized spacial score (nSPS) is 28.7. The number of aliphatic hydroxyl groups is 1. The minimum Gasteiger partial charge on any atom is -0.509 e. The summed E-state index contributed by atoms with van der Waals surface area (Å²) >= 11 is 0. The van der Waals surface area contributed by atoms with Crippen LogP contribution in [0.4, 0.5) is 4.39 Å². The van der Waals surface area contributed by atoms with Crippen LogP contribution < -0.4 is 4.74 Å². The second kappa shape index (κ2) is 9.64. The molecule has 1 N–H and O–H groups in total. The number of halogens is 1. The van der Waals surface area contributed by atoms with E-state index in [4.69, 9.17) is 4.74 Å². The van der Waals surface area contributed by atoms with E-state index in [1.165, 1.54) is 22.5 Å². The molecule has 4 aliphatic heterocycles. The summed E-state index contributed by atoms with van der Waals surface area (Å²) in [6, 6.07) is 2.31. The second-order valence-electron chi connectivity index (χ2n) is 11.5. The van der Waals surface area contributed by atoms with Gasteiger partial charge in [-0.1, -0.05) is 6.07 Å². The number of ether oxygens (including phenoxy) is 1. The van der Waals surface area contributed by atoms with Gasteiger partial charge in [-0.25, -0.2) is 17.8 Å². The number of hydrogen-bond acceptors (Lipinski definition) is 8. The molecule has 6 rings (SSSR count). The number of carbonyl (C=O) groups is 2. The van der Waals surface area contributed by atoms with E-state index in [0.717, 1.165) is 5.01 Å². The van der Waals surface area contributed by atoms with Crippen LogP contribution in [0.25, 0.3) is 0 Å². The zero-order valence-electron chi connectivity index (χ0n) is 22.8. The van der Waals surface area contributed by atoms with E-state index >= 15 is 0 Å². The highest BCUT2D eigenvalue weighted by Gasteiger charge is 2.60. The number of amides is 2. The standard InChI is InChI=1S/C27H34FN5O6S/c1-15(2)30-13-16(3)32-22-21(24(34)23(32)27(30)36)26(35)31-14-17-6-7-18(28)12-20(17)39-10-4-5-11-40(37,38)33(19-8-9-19)25(22)29-31/h6-7,12,15-16,19,21-22,34H,4-5,8-11,13-14H2,1-3H3/t16-,21?,22?/m0/s1. The largest absolute Gasteiger partial charge is 0.509 e. The summed E-state index contributed by atoms with van der Waals surface area (Å²) in [7, 11) is -3.86. The fourth-order valence-electron chi connectivity index (χ4n) is 6.17. The zero-order chi connectivity index (χ0) is 28.5. The van der Waals surface area contributed by atoms with Crippen LogP contribution in [0.15, 0.2) is 34.8 Å². The molecule has 3 atom stereocenters. The van der Waals surface area contributed by atoms with Crippen molar-refractivity contribution in [1.29, 1.82) is 0 Å². The first kappa shape index (κ1) is 26.9. The Morgan fingerprint density at radius 2 is 1.93 bits per heavy atom. The lowest BCUT2D eigenvalue weighted by Crippen LogP contribution is -2.63. The molecular weight excluding hydrogens is 541 g/mol. The SMILES string of the molecule is CC(C)N1C[C@H](C)N2C(=C(O)C3C(=O)N4Cc5ccc(F)cc5OCCCCS(=O)(=O)N(C5CC5)C(=N4)C32)C1=O. The van der Waals surface area contributed by atoms with Gasteiger partial charge < -0.3 is 19.6 Å². The predicted octanol–water partition coefficient (Wildman–Crippen LogP) is 2.16. The molecule has 216 valence electrons. The van der Waals surface area contributed by atoms with Crippen LogP contribution in [-0.4, -0.2) is 93.4 Å². The van der Waals surface area contributed by atoms with Gasteiger partial charge in [-0.3, -0.25) is 13.9 Å². The van der Waals surface area contributed by atoms with Gasteiger partial charge in [0.05, 0.1) is 18.9 Å². The number of hydrogen-bond donors (Lipinski definition) is 1. The monoisotopic (exact) mass is 575 g/mol. The van der Waals surface area contributed by atoms with E-state index in [-0.39, 0.29) is 60.1 Å². The Hall–Kier alpha value is -3.35. The number of amidine groups is 1. The summed E-state index contributed by atoms with van der Waals surface area (Å²) in [6.45, 7) is 6.08. The van der Waals surface area contributed by atoms with Gasteiger partial charge in [0.1, 0.15) is 35.0 Å². The Balaban J connectivity index is 1.52. The third-order valence-corrected chi connectivity index (χ3v) is 10.1. The molecule has 1 saturated heterocycles. The maximum absolute atomic E-state index is 14.1. The van der Waals surface area contributed by atoms with Gasteiger partial charge >= 0.3 is 0 Å². The minimum atomic E-state index is -3.86. The Bertz CT molecular complexity index is 1420. The molecule has 0 aromatic heterocycles. The Kier molecular flexibility index (Phi) is 6.47. The first-order valence-corrected chi connectivity index (χ1v) is 15.5. The van der Waals surface area contributed by atoms with E-state index in [9.17, 15) is 27.5 Å². The number of carbonyl (C=O) groups excluding carboxylic acids is 2. The molecule has 4 heterocycles. The number of sulfonamides is 1. The van der Waals surface area contributed by atoms with Crippen molar-refractivity contribution in [3.8, 4) is 5.75 Å². The van der Waals surface area contributed by atoms with Gasteiger partial charge in [0, 0.05) is 36.3 Å². The second-order valence-corrected chi connectivity index (χ2v) is 13.4. The number of rotatable bonds is 2. The number of nitrogens with zero attached hydrogens (tertiary/aromatic N) is 5. The number of hydrazone groups is 1. The average Bonchev–Trinajstić information content (AvgIpc) is 3.66. The molecule has 2 bridgehead atoms. The van der Waals surface area contributed by atoms with Crippen LogP contribution >= 0.6 is 0 Å². The summed E-state index contributed by atoms with van der Waals surface area (Å²) < 4.78 is 48.9. The Morgan fingerprint density at radius 3 is 2.62 bits per heavy atom. The van der Waals surface area contributed by atoms with Crippen molar-refractivity contribution in [3.63, 3.8) is 0 Å². The van der Waals surface area contributed by atoms with Gasteiger partial charge in [-0.15, -0.1) is 0 Å². The van der Waals surface area contributed by atoms with Crippen LogP contribution in [-0.2, 0) is 26.2 Å². The number of fused-ring (bicyclic) bond motifs is 6. The lowest BCUT2D eigenvalue weighted by Gasteiger charge is -2.47. The van der Waals surface area contributed by atoms with Crippen molar-refractivity contribution in [2.45, 2.75) is 77.2 Å². The summed E-state index contributed by atoms with van der Waals surface area (Å²) in [5.41, 5.74) is 0.514. The van der Waals surface area contributed by atoms with E-state index in [1.54, 1.807) is 9.80 Å². The van der Waals surface area contributed by atoms with Crippen LogP contribution in [0.5, 0.6) is 5.75 Å². The summed E-state index contributed by atoms with van der Waals surface area (Å²) in [5, 5.41) is 17.3. The smallest absolute Gasteiger partial charge is 0.273 e. The Morgan fingerprint density at radius 1 is 1.18 bits per heavy atom. The van der Waals surface area contributed by atoms with Gasteiger partial charge in [0.2, 0.25) is 10.0 Å². The molecule has 40 heavy (non-hydrogen) atoms. The van der Waals surface area contributed by atoms with Crippen molar-refractivity contribution in [2.24, 2.45) is 11.0 Å². The molecule has 13 heteroatoms. The highest BCUT2D eigenvalue weighted by atomic mass is 32.2. The van der Waals surface area contributed by atoms with Crippen LogP contribution in [0.2, 0.25) is 0 Å². The number of piperazine rings is 1. The van der Waals surface area contributed by atoms with Crippen molar-refractivity contribution < 1.29 is 32.2 Å². The number of aliphatic hydroxyl groups excluding tert-OH is 1. The molecule has 2 fully saturated rings. The van der Waals surface area contributed by atoms with Crippen molar-refractivity contribution in [2.75, 3.05) is 18.9 Å². The Labute approximate surface area is 232 Å². The molecule has 11 nitrogen and oxygen atoms in total. The molecular formula is C27H34FN5O6S. The quantitative estimate of drug-likeness (QED) is 0.573. The van der Waals surface area contributed by atoms with Crippen molar-refractivity contribution in [1.82, 2.24) is 19.1 Å². The predicted molar refractivity (Wildman–Crippen MR) is 143 cm³/mol. The molecule has 1 saturated carbocycles. The summed E-state index contributed by atoms with van der Waals surface area (Å²) in [6.07, 6.45) is 2.05. The minimum absolute atomic E-state index is 0.0189. The van der Waals surface area contributed by atoms with Crippen LogP contribution in [0.3, 0.4) is 0 Å². The third kappa shape index (κ3) is 4.29. The van der Waals surface area contributed by atoms with Crippen molar-refractivity contribution >= 4 is 27.7 Å². The molecule has 2 unspecified atom stereocenters. The lowest BCUT2D eigenvalue weighted by molar-refractivity contribution is -0.139. The van der Waals surface area contributed by atoms with Gasteiger partial charge in [-0.2, -0.15) is 5.10 Å². The molecule has 1 aliphatic carbocycles. The zero-order valence-corrected chi connectivity index (χ0v) is 23.6. The molecule has 0 radical (unpaired) electrons. The van der Waals surface area contributed by atoms with E-state index in [0.29, 0.717) is 37.8 Å². The lowest BCUT2D eigenvalue weighted by atomic mass is 9.95. The highest BCUT2D eigenvalue weighted by Crippen LogP contribution is 2.45. The van der Waals surface area contributed by atoms with Crippen LogP contribution in [0.1, 0.15) is 52.0 Å². The van der Waals surface area contributed by atoms with Gasteiger partial charge in [0.25, 0.3) is 11.8 Å². The molecule has 0 spiro atoms. The number of benzene rings is 1. The fraction of sp³-hybridized carbons (Fsp3) is 0.593. The van der Waals surface area contributed by atoms with Crippen molar-refractivity contribution in [3.05, 3.63) is 41.0 Å². The topological polar surface area (TPSA) is 123 Å². The summed E-state index contributed by atoms with van der Waals surface area (Å²) in [4.78, 5) is 30.9. The highest BCUT2D eigenvalue weighted by molar-refractivity contribution is 7.89. The first-order valence-electron chi connectivity index (χ1n) is 13.8. The maximum atomic E-state index is 14.1. The summed E-state index contributed by atoms with van der Waals surface area (Å²) in [5.74, 6) is -2.83. The van der Waals surface area contributed by atoms with Gasteiger partial charge in [-0.05, 0) is 52.5 Å². The van der Waals surface area contributed by atoms with Crippen LogP contribution in [0, 0.1) is 11.7 Å². The molecule has 1 aromatic rings. The van der Waals surface area contributed by atoms with E-state index in [1.807, 2.05) is 20.8 Å². The molecule has 2 amide bonds. The molecule has 5 aliphatic rings. The fourth-order valence-corrected chi connectivity index (χ4v) is 8.03. The van der Waals surface area contributed by atoms with E-state index in [2.05, 4.69) is 5.10 Å². The first-order chi connectivity index (χ1) is 19.0. The third-order valence-electron chi connectivity index (χ3n) is 8.25. The van der Waals surface area contributed by atoms with Gasteiger partial charge in [0.15, 0.2) is 5.84 Å². The molecule has 1 aromatic carbocycles. The maximum Gasteiger partial charge on any atom is 0.273 e. The average molecular weight is 576 g/mol.